The minimum Gasteiger partial charge on any atom is -0.502 e. The number of nitro groups is 2. The maximum absolute atomic E-state index is 10.9. The van der Waals surface area contributed by atoms with Crippen LogP contribution in [0.3, 0.4) is 0 Å². The molecule has 0 heterocycles. The van der Waals surface area contributed by atoms with Crippen molar-refractivity contribution in [3.8, 4) is 11.5 Å². The fraction of sp³-hybridized carbons (Fsp3) is 0.333. The predicted molar refractivity (Wildman–Crippen MR) is 95.6 cm³/mol. The van der Waals surface area contributed by atoms with Gasteiger partial charge in [0.25, 0.3) is 0 Å². The van der Waals surface area contributed by atoms with Crippen LogP contribution in [0.15, 0.2) is 36.4 Å². The van der Waals surface area contributed by atoms with Gasteiger partial charge in [0.15, 0.2) is 11.5 Å². The highest BCUT2D eigenvalue weighted by molar-refractivity contribution is 5.50. The number of phenolic OH excluding ortho intramolecular Hbond substituents is 2. The maximum atomic E-state index is 10.9. The van der Waals surface area contributed by atoms with Gasteiger partial charge in [-0.3, -0.25) is 20.2 Å². The van der Waals surface area contributed by atoms with Gasteiger partial charge in [0.05, 0.1) is 9.85 Å². The van der Waals surface area contributed by atoms with Gasteiger partial charge < -0.3 is 10.2 Å². The molecule has 0 saturated heterocycles. The van der Waals surface area contributed by atoms with Crippen molar-refractivity contribution in [2.24, 2.45) is 0 Å². The van der Waals surface area contributed by atoms with E-state index >= 15 is 0 Å². The van der Waals surface area contributed by atoms with Gasteiger partial charge >= 0.3 is 11.4 Å². The summed E-state index contributed by atoms with van der Waals surface area (Å²) in [6, 6.07) is 8.54. The standard InChI is InChI=1S/C18H20N2O6/c1-3-13(11-5-7-15(19(23)24)17(21)9-11)14(4-2)12-6-8-16(20(25)26)18(22)10-12/h5-10,13-14,21-22H,3-4H2,1-2H3/t13-,14+. The van der Waals surface area contributed by atoms with E-state index in [-0.39, 0.29) is 23.2 Å². The Morgan fingerprint density at radius 3 is 1.38 bits per heavy atom. The highest BCUT2D eigenvalue weighted by Crippen LogP contribution is 2.42. The molecule has 0 aromatic heterocycles. The Hall–Kier alpha value is -3.16. The summed E-state index contributed by atoms with van der Waals surface area (Å²) in [5.74, 6) is -0.945. The summed E-state index contributed by atoms with van der Waals surface area (Å²) in [6.07, 6.45) is 1.38. The lowest BCUT2D eigenvalue weighted by Crippen LogP contribution is -2.10. The van der Waals surface area contributed by atoms with Crippen LogP contribution in [-0.2, 0) is 0 Å². The molecule has 8 heteroatoms. The van der Waals surface area contributed by atoms with Gasteiger partial charge in [-0.1, -0.05) is 26.0 Å². The van der Waals surface area contributed by atoms with E-state index in [1.54, 1.807) is 12.1 Å². The van der Waals surface area contributed by atoms with Gasteiger partial charge in [0, 0.05) is 12.1 Å². The number of rotatable bonds is 7. The largest absolute Gasteiger partial charge is 0.502 e. The molecule has 2 rings (SSSR count). The lowest BCUT2D eigenvalue weighted by Gasteiger charge is -2.26. The van der Waals surface area contributed by atoms with Gasteiger partial charge in [-0.25, -0.2) is 0 Å². The zero-order valence-electron chi connectivity index (χ0n) is 14.5. The first-order valence-electron chi connectivity index (χ1n) is 8.24. The normalized spacial score (nSPS) is 13.2. The number of nitrogens with zero attached hydrogens (tertiary/aromatic N) is 2. The van der Waals surface area contributed by atoms with E-state index in [0.717, 1.165) is 11.1 Å². The Bertz CT molecular complexity index is 767. The Morgan fingerprint density at radius 2 is 1.15 bits per heavy atom. The summed E-state index contributed by atoms with van der Waals surface area (Å²) >= 11 is 0. The molecule has 26 heavy (non-hydrogen) atoms. The summed E-state index contributed by atoms with van der Waals surface area (Å²) in [4.78, 5) is 20.4. The predicted octanol–water partition coefficient (Wildman–Crippen LogP) is 4.60. The monoisotopic (exact) mass is 360 g/mol. The Labute approximate surface area is 150 Å². The van der Waals surface area contributed by atoms with Crippen molar-refractivity contribution in [3.05, 3.63) is 67.8 Å². The van der Waals surface area contributed by atoms with Crippen molar-refractivity contribution >= 4 is 11.4 Å². The van der Waals surface area contributed by atoms with Crippen LogP contribution < -0.4 is 0 Å². The molecular weight excluding hydrogens is 340 g/mol. The molecule has 0 amide bonds. The lowest BCUT2D eigenvalue weighted by molar-refractivity contribution is -0.386. The molecule has 0 fully saturated rings. The fourth-order valence-electron chi connectivity index (χ4n) is 3.36. The molecular formula is C18H20N2O6. The maximum Gasteiger partial charge on any atom is 0.310 e. The molecule has 2 atom stereocenters. The fourth-order valence-corrected chi connectivity index (χ4v) is 3.36. The van der Waals surface area contributed by atoms with Gasteiger partial charge in [-0.05, 0) is 47.9 Å². The molecule has 0 bridgehead atoms. The van der Waals surface area contributed by atoms with Crippen molar-refractivity contribution in [2.75, 3.05) is 0 Å². The number of phenols is 2. The molecule has 0 aliphatic rings. The second-order valence-electron chi connectivity index (χ2n) is 6.04. The second-order valence-corrected chi connectivity index (χ2v) is 6.04. The zero-order chi connectivity index (χ0) is 19.4. The minimum absolute atomic E-state index is 0.0763. The van der Waals surface area contributed by atoms with Gasteiger partial charge in [0.1, 0.15) is 0 Å². The highest BCUT2D eigenvalue weighted by Gasteiger charge is 2.26. The Morgan fingerprint density at radius 1 is 0.808 bits per heavy atom. The van der Waals surface area contributed by atoms with E-state index in [1.807, 2.05) is 13.8 Å². The first-order chi connectivity index (χ1) is 12.3. The number of nitro benzene ring substituents is 2. The van der Waals surface area contributed by atoms with E-state index in [1.165, 1.54) is 24.3 Å². The first kappa shape index (κ1) is 19.2. The van der Waals surface area contributed by atoms with Crippen LogP contribution in [0.4, 0.5) is 11.4 Å². The lowest BCUT2D eigenvalue weighted by atomic mass is 9.78. The molecule has 0 radical (unpaired) electrons. The number of benzene rings is 2. The first-order valence-corrected chi connectivity index (χ1v) is 8.24. The van der Waals surface area contributed by atoms with E-state index in [0.29, 0.717) is 12.8 Å². The summed E-state index contributed by atoms with van der Waals surface area (Å²) in [5.41, 5.74) is 0.759. The molecule has 0 aliphatic heterocycles. The average molecular weight is 360 g/mol. The number of aromatic hydroxyl groups is 2. The van der Waals surface area contributed by atoms with Gasteiger partial charge in [-0.2, -0.15) is 0 Å². The molecule has 0 aliphatic carbocycles. The quantitative estimate of drug-likeness (QED) is 0.548. The molecule has 0 spiro atoms. The molecule has 2 aromatic rings. The minimum atomic E-state index is -0.647. The number of hydrogen-bond acceptors (Lipinski definition) is 6. The highest BCUT2D eigenvalue weighted by atomic mass is 16.6. The third kappa shape index (κ3) is 3.74. The third-order valence-corrected chi connectivity index (χ3v) is 4.61. The number of hydrogen-bond donors (Lipinski definition) is 2. The Balaban J connectivity index is 2.43. The van der Waals surface area contributed by atoms with E-state index in [4.69, 9.17) is 0 Å². The Kier molecular flexibility index (Phi) is 5.76. The topological polar surface area (TPSA) is 127 Å². The SMILES string of the molecule is CC[C@H](c1ccc([N+](=O)[O-])c(O)c1)[C@@H](CC)c1ccc([N+](=O)[O-])c(O)c1. The summed E-state index contributed by atoms with van der Waals surface area (Å²) < 4.78 is 0. The van der Waals surface area contributed by atoms with E-state index < -0.39 is 21.3 Å². The van der Waals surface area contributed by atoms with Crippen molar-refractivity contribution < 1.29 is 20.1 Å². The summed E-state index contributed by atoms with van der Waals surface area (Å²) in [5, 5.41) is 41.6. The smallest absolute Gasteiger partial charge is 0.310 e. The summed E-state index contributed by atoms with van der Waals surface area (Å²) in [6.45, 7) is 3.91. The van der Waals surface area contributed by atoms with Crippen LogP contribution in [0.25, 0.3) is 0 Å². The molecule has 0 unspecified atom stereocenters. The third-order valence-electron chi connectivity index (χ3n) is 4.61. The van der Waals surface area contributed by atoms with Crippen LogP contribution in [-0.4, -0.2) is 20.1 Å². The van der Waals surface area contributed by atoms with Crippen LogP contribution in [0, 0.1) is 20.2 Å². The van der Waals surface area contributed by atoms with Gasteiger partial charge in [-0.15, -0.1) is 0 Å². The summed E-state index contributed by atoms with van der Waals surface area (Å²) in [7, 11) is 0. The van der Waals surface area contributed by atoms with E-state index in [9.17, 15) is 30.4 Å². The average Bonchev–Trinajstić information content (AvgIpc) is 2.58. The van der Waals surface area contributed by atoms with Crippen molar-refractivity contribution in [1.29, 1.82) is 0 Å². The van der Waals surface area contributed by atoms with Gasteiger partial charge in [0.2, 0.25) is 0 Å². The van der Waals surface area contributed by atoms with Crippen LogP contribution in [0.5, 0.6) is 11.5 Å². The van der Waals surface area contributed by atoms with Crippen LogP contribution >= 0.6 is 0 Å². The molecule has 2 aromatic carbocycles. The van der Waals surface area contributed by atoms with Crippen molar-refractivity contribution in [3.63, 3.8) is 0 Å². The molecule has 2 N–H and O–H groups in total. The van der Waals surface area contributed by atoms with Crippen molar-refractivity contribution in [2.45, 2.75) is 38.5 Å². The molecule has 8 nitrogen and oxygen atoms in total. The molecule has 0 saturated carbocycles. The van der Waals surface area contributed by atoms with Crippen LogP contribution in [0.2, 0.25) is 0 Å². The molecule has 138 valence electrons. The van der Waals surface area contributed by atoms with E-state index in [2.05, 4.69) is 0 Å². The van der Waals surface area contributed by atoms with Crippen LogP contribution in [0.1, 0.15) is 49.7 Å². The van der Waals surface area contributed by atoms with Crippen molar-refractivity contribution in [1.82, 2.24) is 0 Å². The zero-order valence-corrected chi connectivity index (χ0v) is 14.5. The second kappa shape index (κ2) is 7.81.